The van der Waals surface area contributed by atoms with Crippen LogP contribution in [0.3, 0.4) is 0 Å². The third-order valence-electron chi connectivity index (χ3n) is 3.28. The maximum atomic E-state index is 5.34. The molecule has 0 fully saturated rings. The number of rotatable bonds is 2. The Hall–Kier alpha value is -2.05. The van der Waals surface area contributed by atoms with E-state index in [-0.39, 0.29) is 0 Å². The van der Waals surface area contributed by atoms with Crippen molar-refractivity contribution in [2.75, 3.05) is 10.6 Å². The first kappa shape index (κ1) is 13.9. The summed E-state index contributed by atoms with van der Waals surface area (Å²) >= 11 is 6.55. The summed E-state index contributed by atoms with van der Waals surface area (Å²) in [4.78, 5) is 0. The summed E-state index contributed by atoms with van der Waals surface area (Å²) in [5.74, 6) is 0. The molecular formula is C15H14N4S2. The molecule has 0 aliphatic carbocycles. The van der Waals surface area contributed by atoms with Crippen LogP contribution in [0.4, 0.5) is 11.4 Å². The van der Waals surface area contributed by atoms with Gasteiger partial charge in [-0.15, -0.1) is 0 Å². The molecule has 3 rings (SSSR count). The number of hydrogen-bond donors (Lipinski definition) is 2. The minimum atomic E-state index is 0.556. The molecule has 106 valence electrons. The first-order chi connectivity index (χ1) is 10.1. The van der Waals surface area contributed by atoms with Gasteiger partial charge in [-0.1, -0.05) is 6.07 Å². The lowest BCUT2D eigenvalue weighted by Crippen LogP contribution is -2.19. The van der Waals surface area contributed by atoms with Crippen LogP contribution < -0.4 is 10.6 Å². The maximum Gasteiger partial charge on any atom is 0.175 e. The summed E-state index contributed by atoms with van der Waals surface area (Å²) in [6, 6.07) is 12.0. The molecule has 0 atom stereocenters. The number of nitrogens with one attached hydrogen (secondary N) is 2. The summed E-state index contributed by atoms with van der Waals surface area (Å²) < 4.78 is 8.40. The number of thiocarbonyl (C=S) groups is 1. The zero-order valence-electron chi connectivity index (χ0n) is 11.7. The van der Waals surface area contributed by atoms with Crippen LogP contribution in [-0.2, 0) is 0 Å². The molecule has 1 aromatic heterocycles. The van der Waals surface area contributed by atoms with E-state index in [9.17, 15) is 0 Å². The molecule has 0 aliphatic rings. The summed E-state index contributed by atoms with van der Waals surface area (Å²) in [6.45, 7) is 4.17. The Kier molecular flexibility index (Phi) is 3.81. The number of benzene rings is 2. The van der Waals surface area contributed by atoms with Gasteiger partial charge in [-0.3, -0.25) is 0 Å². The number of fused-ring (bicyclic) bond motifs is 1. The van der Waals surface area contributed by atoms with Crippen molar-refractivity contribution in [1.29, 1.82) is 0 Å². The van der Waals surface area contributed by atoms with Crippen molar-refractivity contribution in [2.24, 2.45) is 0 Å². The fraction of sp³-hybridized carbons (Fsp3) is 0.133. The third-order valence-corrected chi connectivity index (χ3v) is 4.04. The van der Waals surface area contributed by atoms with Crippen LogP contribution in [-0.4, -0.2) is 13.9 Å². The number of hydrogen-bond acceptors (Lipinski definition) is 4. The van der Waals surface area contributed by atoms with Crippen LogP contribution >= 0.6 is 23.9 Å². The molecule has 2 N–H and O–H groups in total. The van der Waals surface area contributed by atoms with E-state index in [0.717, 1.165) is 22.4 Å². The average molecular weight is 314 g/mol. The van der Waals surface area contributed by atoms with Gasteiger partial charge in [0, 0.05) is 11.4 Å². The molecule has 1 heterocycles. The van der Waals surface area contributed by atoms with Crippen LogP contribution in [0.25, 0.3) is 11.0 Å². The highest BCUT2D eigenvalue weighted by atomic mass is 32.1. The Balaban J connectivity index is 1.71. The summed E-state index contributed by atoms with van der Waals surface area (Å²) in [5, 5.41) is 6.91. The van der Waals surface area contributed by atoms with Crippen molar-refractivity contribution in [1.82, 2.24) is 8.75 Å². The van der Waals surface area contributed by atoms with Crippen LogP contribution in [0.15, 0.2) is 36.4 Å². The largest absolute Gasteiger partial charge is 0.332 e. The normalized spacial score (nSPS) is 10.6. The molecule has 0 radical (unpaired) electrons. The highest BCUT2D eigenvalue weighted by Crippen LogP contribution is 2.18. The van der Waals surface area contributed by atoms with E-state index in [1.165, 1.54) is 22.9 Å². The Morgan fingerprint density at radius 3 is 2.33 bits per heavy atom. The van der Waals surface area contributed by atoms with Gasteiger partial charge < -0.3 is 10.6 Å². The molecule has 3 aromatic rings. The summed E-state index contributed by atoms with van der Waals surface area (Å²) in [6.07, 6.45) is 0. The fourth-order valence-electron chi connectivity index (χ4n) is 1.97. The van der Waals surface area contributed by atoms with Gasteiger partial charge >= 0.3 is 0 Å². The molecule has 0 saturated heterocycles. The van der Waals surface area contributed by atoms with Crippen molar-refractivity contribution in [3.8, 4) is 0 Å². The minimum absolute atomic E-state index is 0.556. The second kappa shape index (κ2) is 5.75. The predicted molar refractivity (Wildman–Crippen MR) is 93.2 cm³/mol. The molecule has 21 heavy (non-hydrogen) atoms. The van der Waals surface area contributed by atoms with Crippen LogP contribution in [0, 0.1) is 13.8 Å². The molecule has 0 spiro atoms. The van der Waals surface area contributed by atoms with E-state index >= 15 is 0 Å². The van der Waals surface area contributed by atoms with E-state index in [4.69, 9.17) is 12.2 Å². The quantitative estimate of drug-likeness (QED) is 0.697. The molecule has 0 saturated carbocycles. The van der Waals surface area contributed by atoms with Crippen molar-refractivity contribution >= 4 is 51.5 Å². The lowest BCUT2D eigenvalue weighted by Gasteiger charge is -2.11. The number of anilines is 2. The smallest absolute Gasteiger partial charge is 0.175 e. The van der Waals surface area contributed by atoms with E-state index < -0.39 is 0 Å². The lowest BCUT2D eigenvalue weighted by molar-refractivity contribution is 1.34. The van der Waals surface area contributed by atoms with Gasteiger partial charge in [-0.05, 0) is 67.5 Å². The zero-order valence-corrected chi connectivity index (χ0v) is 13.3. The van der Waals surface area contributed by atoms with Gasteiger partial charge in [-0.2, -0.15) is 8.75 Å². The standard InChI is InChI=1S/C15H14N4S2/c1-9-3-4-11(7-10(9)2)16-15(20)17-12-5-6-13-14(8-12)19-21-18-13/h3-8H,1-2H3,(H2,16,17,20). The Bertz CT molecular complexity index is 810. The highest BCUT2D eigenvalue weighted by molar-refractivity contribution is 7.80. The fourth-order valence-corrected chi connectivity index (χ4v) is 2.73. The first-order valence-corrected chi connectivity index (χ1v) is 7.63. The van der Waals surface area contributed by atoms with Crippen LogP contribution in [0.1, 0.15) is 11.1 Å². The van der Waals surface area contributed by atoms with Gasteiger partial charge in [0.15, 0.2) is 5.11 Å². The monoisotopic (exact) mass is 314 g/mol. The molecule has 0 unspecified atom stereocenters. The Labute approximate surface area is 132 Å². The average Bonchev–Trinajstić information content (AvgIpc) is 2.90. The number of aryl methyl sites for hydroxylation is 2. The maximum absolute atomic E-state index is 5.34. The minimum Gasteiger partial charge on any atom is -0.332 e. The molecule has 2 aromatic carbocycles. The zero-order chi connectivity index (χ0) is 14.8. The Morgan fingerprint density at radius 1 is 0.905 bits per heavy atom. The highest BCUT2D eigenvalue weighted by Gasteiger charge is 2.03. The van der Waals surface area contributed by atoms with Crippen LogP contribution in [0.2, 0.25) is 0 Å². The molecule has 6 heteroatoms. The Morgan fingerprint density at radius 2 is 1.57 bits per heavy atom. The SMILES string of the molecule is Cc1ccc(NC(=S)Nc2ccc3nsnc3c2)cc1C. The topological polar surface area (TPSA) is 49.8 Å². The van der Waals surface area contributed by atoms with Gasteiger partial charge in [0.1, 0.15) is 11.0 Å². The van der Waals surface area contributed by atoms with E-state index in [1.807, 2.05) is 24.3 Å². The molecule has 0 bridgehead atoms. The number of aromatic nitrogens is 2. The van der Waals surface area contributed by atoms with Gasteiger partial charge in [0.25, 0.3) is 0 Å². The molecule has 0 aliphatic heterocycles. The van der Waals surface area contributed by atoms with Crippen molar-refractivity contribution in [3.05, 3.63) is 47.5 Å². The second-order valence-electron chi connectivity index (χ2n) is 4.85. The van der Waals surface area contributed by atoms with E-state index in [1.54, 1.807) is 0 Å². The summed E-state index contributed by atoms with van der Waals surface area (Å²) in [7, 11) is 0. The predicted octanol–water partition coefficient (Wildman–Crippen LogP) is 4.12. The lowest BCUT2D eigenvalue weighted by atomic mass is 10.1. The first-order valence-electron chi connectivity index (χ1n) is 6.49. The summed E-state index contributed by atoms with van der Waals surface area (Å²) in [5.41, 5.74) is 6.15. The van der Waals surface area contributed by atoms with Gasteiger partial charge in [0.2, 0.25) is 0 Å². The van der Waals surface area contributed by atoms with E-state index in [0.29, 0.717) is 5.11 Å². The van der Waals surface area contributed by atoms with Crippen LogP contribution in [0.5, 0.6) is 0 Å². The van der Waals surface area contributed by atoms with Crippen molar-refractivity contribution in [3.63, 3.8) is 0 Å². The second-order valence-corrected chi connectivity index (χ2v) is 5.78. The molecule has 4 nitrogen and oxygen atoms in total. The third kappa shape index (κ3) is 3.17. The van der Waals surface area contributed by atoms with Gasteiger partial charge in [-0.25, -0.2) is 0 Å². The molecule has 0 amide bonds. The van der Waals surface area contributed by atoms with E-state index in [2.05, 4.69) is 45.4 Å². The van der Waals surface area contributed by atoms with Crippen molar-refractivity contribution < 1.29 is 0 Å². The van der Waals surface area contributed by atoms with Crippen molar-refractivity contribution in [2.45, 2.75) is 13.8 Å². The molecular weight excluding hydrogens is 300 g/mol. The van der Waals surface area contributed by atoms with Gasteiger partial charge in [0.05, 0.1) is 11.7 Å². The number of nitrogens with zero attached hydrogens (tertiary/aromatic N) is 2.